The second-order valence-corrected chi connectivity index (χ2v) is 3.97. The SMILES string of the molecule is Nc1ncc(C(=O)Nc2cnoc2)c2ccccc12. The van der Waals surface area contributed by atoms with Gasteiger partial charge in [-0.05, 0) is 5.39 Å². The van der Waals surface area contributed by atoms with Gasteiger partial charge in [-0.15, -0.1) is 0 Å². The molecule has 6 nitrogen and oxygen atoms in total. The van der Waals surface area contributed by atoms with Gasteiger partial charge in [-0.25, -0.2) is 4.98 Å². The Morgan fingerprint density at radius 3 is 2.74 bits per heavy atom. The Balaban J connectivity index is 2.05. The lowest BCUT2D eigenvalue weighted by Gasteiger charge is -2.07. The highest BCUT2D eigenvalue weighted by molar-refractivity contribution is 6.13. The van der Waals surface area contributed by atoms with E-state index in [4.69, 9.17) is 5.73 Å². The number of nitrogens with one attached hydrogen (secondary N) is 1. The molecule has 0 atom stereocenters. The van der Waals surface area contributed by atoms with Crippen LogP contribution in [0.15, 0.2) is 47.4 Å². The minimum atomic E-state index is -0.285. The lowest BCUT2D eigenvalue weighted by molar-refractivity contribution is 0.102. The van der Waals surface area contributed by atoms with Crippen LogP contribution < -0.4 is 11.1 Å². The Kier molecular flexibility index (Phi) is 2.60. The number of carbonyl (C=O) groups excluding carboxylic acids is 1. The van der Waals surface area contributed by atoms with Crippen LogP contribution >= 0.6 is 0 Å². The lowest BCUT2D eigenvalue weighted by atomic mass is 10.1. The number of pyridine rings is 1. The number of amides is 1. The summed E-state index contributed by atoms with van der Waals surface area (Å²) in [4.78, 5) is 16.2. The molecule has 3 rings (SSSR count). The molecule has 0 aliphatic rings. The lowest BCUT2D eigenvalue weighted by Crippen LogP contribution is -2.12. The molecule has 1 amide bonds. The molecule has 19 heavy (non-hydrogen) atoms. The predicted molar refractivity (Wildman–Crippen MR) is 70.6 cm³/mol. The van der Waals surface area contributed by atoms with Crippen LogP contribution in [0.2, 0.25) is 0 Å². The zero-order valence-electron chi connectivity index (χ0n) is 9.83. The molecule has 1 aromatic carbocycles. The van der Waals surface area contributed by atoms with Crippen LogP contribution in [-0.4, -0.2) is 16.0 Å². The maximum Gasteiger partial charge on any atom is 0.257 e. The maximum atomic E-state index is 12.2. The Hall–Kier alpha value is -2.89. The molecule has 0 bridgehead atoms. The van der Waals surface area contributed by atoms with Gasteiger partial charge < -0.3 is 15.6 Å². The highest BCUT2D eigenvalue weighted by atomic mass is 16.5. The van der Waals surface area contributed by atoms with Gasteiger partial charge in [-0.2, -0.15) is 0 Å². The van der Waals surface area contributed by atoms with Gasteiger partial charge in [0.15, 0.2) is 0 Å². The van der Waals surface area contributed by atoms with Crippen molar-refractivity contribution in [2.24, 2.45) is 0 Å². The van der Waals surface area contributed by atoms with Gasteiger partial charge in [0.2, 0.25) is 0 Å². The van der Waals surface area contributed by atoms with Crippen molar-refractivity contribution in [2.75, 3.05) is 11.1 Å². The van der Waals surface area contributed by atoms with Crippen molar-refractivity contribution in [1.29, 1.82) is 0 Å². The molecule has 0 saturated heterocycles. The van der Waals surface area contributed by atoms with Crippen molar-refractivity contribution >= 4 is 28.2 Å². The average molecular weight is 254 g/mol. The molecular weight excluding hydrogens is 244 g/mol. The third-order valence-electron chi connectivity index (χ3n) is 2.76. The van der Waals surface area contributed by atoms with Crippen LogP contribution in [0, 0.1) is 0 Å². The first-order valence-corrected chi connectivity index (χ1v) is 5.59. The molecule has 3 aromatic rings. The Labute approximate surface area is 108 Å². The van der Waals surface area contributed by atoms with E-state index in [1.807, 2.05) is 24.3 Å². The smallest absolute Gasteiger partial charge is 0.257 e. The van der Waals surface area contributed by atoms with Gasteiger partial charge in [-0.1, -0.05) is 29.4 Å². The first-order chi connectivity index (χ1) is 9.25. The summed E-state index contributed by atoms with van der Waals surface area (Å²) in [7, 11) is 0. The normalized spacial score (nSPS) is 10.5. The van der Waals surface area contributed by atoms with Crippen LogP contribution in [0.3, 0.4) is 0 Å². The number of carbonyl (C=O) groups is 1. The Bertz CT molecular complexity index is 737. The molecule has 0 spiro atoms. The second-order valence-electron chi connectivity index (χ2n) is 3.97. The molecular formula is C13H10N4O2. The summed E-state index contributed by atoms with van der Waals surface area (Å²) in [5.41, 5.74) is 6.74. The van der Waals surface area contributed by atoms with Crippen molar-refractivity contribution in [1.82, 2.24) is 10.1 Å². The first-order valence-electron chi connectivity index (χ1n) is 5.59. The predicted octanol–water partition coefficient (Wildman–Crippen LogP) is 2.06. The van der Waals surface area contributed by atoms with Gasteiger partial charge in [0, 0.05) is 11.6 Å². The molecule has 0 aliphatic carbocycles. The topological polar surface area (TPSA) is 94.0 Å². The fourth-order valence-electron chi connectivity index (χ4n) is 1.86. The average Bonchev–Trinajstić information content (AvgIpc) is 2.92. The van der Waals surface area contributed by atoms with Crippen molar-refractivity contribution < 1.29 is 9.32 Å². The van der Waals surface area contributed by atoms with Gasteiger partial charge in [0.25, 0.3) is 5.91 Å². The molecule has 6 heteroatoms. The number of aromatic nitrogens is 2. The summed E-state index contributed by atoms with van der Waals surface area (Å²) in [6.07, 6.45) is 4.23. The van der Waals surface area contributed by atoms with Crippen molar-refractivity contribution in [3.8, 4) is 0 Å². The first kappa shape index (κ1) is 11.2. The van der Waals surface area contributed by atoms with E-state index in [9.17, 15) is 4.79 Å². The molecule has 3 N–H and O–H groups in total. The summed E-state index contributed by atoms with van der Waals surface area (Å²) in [5, 5.41) is 7.70. The third kappa shape index (κ3) is 1.99. The number of benzene rings is 1. The molecule has 0 radical (unpaired) electrons. The summed E-state index contributed by atoms with van der Waals surface area (Å²) in [6, 6.07) is 7.35. The molecule has 2 aromatic heterocycles. The zero-order chi connectivity index (χ0) is 13.2. The number of hydrogen-bond donors (Lipinski definition) is 2. The fourth-order valence-corrected chi connectivity index (χ4v) is 1.86. The van der Waals surface area contributed by atoms with Crippen LogP contribution in [-0.2, 0) is 0 Å². The Morgan fingerprint density at radius 1 is 1.21 bits per heavy atom. The number of nitrogens with zero attached hydrogens (tertiary/aromatic N) is 2. The van der Waals surface area contributed by atoms with Gasteiger partial charge >= 0.3 is 0 Å². The van der Waals surface area contributed by atoms with Crippen LogP contribution in [0.4, 0.5) is 11.5 Å². The van der Waals surface area contributed by atoms with Crippen LogP contribution in [0.5, 0.6) is 0 Å². The second kappa shape index (κ2) is 4.41. The van der Waals surface area contributed by atoms with Crippen molar-refractivity contribution in [2.45, 2.75) is 0 Å². The van der Waals surface area contributed by atoms with E-state index >= 15 is 0 Å². The van der Waals surface area contributed by atoms with Gasteiger partial charge in [-0.3, -0.25) is 4.79 Å². The molecule has 0 aliphatic heterocycles. The molecule has 0 unspecified atom stereocenters. The summed E-state index contributed by atoms with van der Waals surface area (Å²) < 4.78 is 4.66. The number of nitrogens with two attached hydrogens (primary N) is 1. The monoisotopic (exact) mass is 254 g/mol. The summed E-state index contributed by atoms with van der Waals surface area (Å²) in [6.45, 7) is 0. The van der Waals surface area contributed by atoms with E-state index in [1.54, 1.807) is 0 Å². The number of fused-ring (bicyclic) bond motifs is 1. The van der Waals surface area contributed by atoms with E-state index in [0.717, 1.165) is 10.8 Å². The van der Waals surface area contributed by atoms with E-state index in [1.165, 1.54) is 18.7 Å². The highest BCUT2D eigenvalue weighted by Crippen LogP contribution is 2.23. The largest absolute Gasteiger partial charge is 0.383 e. The van der Waals surface area contributed by atoms with Gasteiger partial charge in [0.05, 0.1) is 11.8 Å². The number of anilines is 2. The van der Waals surface area contributed by atoms with Crippen molar-refractivity contribution in [3.05, 3.63) is 48.5 Å². The summed E-state index contributed by atoms with van der Waals surface area (Å²) in [5.74, 6) is 0.115. The zero-order valence-corrected chi connectivity index (χ0v) is 9.83. The summed E-state index contributed by atoms with van der Waals surface area (Å²) >= 11 is 0. The minimum absolute atomic E-state index is 0.285. The van der Waals surface area contributed by atoms with E-state index in [2.05, 4.69) is 20.0 Å². The van der Waals surface area contributed by atoms with Crippen molar-refractivity contribution in [3.63, 3.8) is 0 Å². The molecule has 0 fully saturated rings. The van der Waals surface area contributed by atoms with E-state index < -0.39 is 0 Å². The third-order valence-corrected chi connectivity index (χ3v) is 2.76. The number of hydrogen-bond acceptors (Lipinski definition) is 5. The molecule has 2 heterocycles. The standard InChI is InChI=1S/C13H10N4O2/c14-12-10-4-2-1-3-9(10)11(6-15-12)13(18)17-8-5-16-19-7-8/h1-7H,(H2,14,15)(H,17,18). The minimum Gasteiger partial charge on any atom is -0.383 e. The quantitative estimate of drug-likeness (QED) is 0.730. The van der Waals surface area contributed by atoms with Crippen LogP contribution in [0.1, 0.15) is 10.4 Å². The van der Waals surface area contributed by atoms with Gasteiger partial charge in [0.1, 0.15) is 17.8 Å². The number of rotatable bonds is 2. The highest BCUT2D eigenvalue weighted by Gasteiger charge is 2.13. The van der Waals surface area contributed by atoms with E-state index in [-0.39, 0.29) is 5.91 Å². The maximum absolute atomic E-state index is 12.2. The Morgan fingerprint density at radius 2 is 2.00 bits per heavy atom. The van der Waals surface area contributed by atoms with Crippen LogP contribution in [0.25, 0.3) is 10.8 Å². The fraction of sp³-hybridized carbons (Fsp3) is 0. The van der Waals surface area contributed by atoms with E-state index in [0.29, 0.717) is 17.1 Å². The molecule has 0 saturated carbocycles. The molecule has 94 valence electrons. The number of nitrogen functional groups attached to an aromatic ring is 1.